The summed E-state index contributed by atoms with van der Waals surface area (Å²) in [5.41, 5.74) is 1.32. The number of nitrogens with one attached hydrogen (secondary N) is 2. The van der Waals surface area contributed by atoms with Crippen LogP contribution >= 0.6 is 0 Å². The van der Waals surface area contributed by atoms with Crippen molar-refractivity contribution in [3.63, 3.8) is 0 Å². The molecule has 6 heteroatoms. The van der Waals surface area contributed by atoms with Crippen LogP contribution in [0.5, 0.6) is 0 Å². The number of aryl methyl sites for hydroxylation is 1. The van der Waals surface area contributed by atoms with Crippen LogP contribution < -0.4 is 10.6 Å². The molecule has 5 nitrogen and oxygen atoms in total. The zero-order valence-corrected chi connectivity index (χ0v) is 12.5. The third-order valence-corrected chi connectivity index (χ3v) is 3.67. The van der Waals surface area contributed by atoms with Crippen molar-refractivity contribution in [1.82, 2.24) is 10.2 Å². The van der Waals surface area contributed by atoms with Crippen LogP contribution in [-0.4, -0.2) is 49.8 Å². The summed E-state index contributed by atoms with van der Waals surface area (Å²) in [6, 6.07) is 4.26. The van der Waals surface area contributed by atoms with Gasteiger partial charge in [-0.25, -0.2) is 9.18 Å². The zero-order valence-electron chi connectivity index (χ0n) is 12.5. The van der Waals surface area contributed by atoms with Crippen LogP contribution in [-0.2, 0) is 4.74 Å². The quantitative estimate of drug-likeness (QED) is 0.893. The maximum Gasteiger partial charge on any atom is 0.319 e. The molecule has 2 N–H and O–H groups in total. The van der Waals surface area contributed by atoms with E-state index >= 15 is 0 Å². The molecule has 1 aliphatic rings. The van der Waals surface area contributed by atoms with Crippen molar-refractivity contribution in [2.75, 3.05) is 38.2 Å². The molecule has 1 aliphatic heterocycles. The number of morpholine rings is 1. The van der Waals surface area contributed by atoms with Crippen molar-refractivity contribution in [3.05, 3.63) is 29.6 Å². The number of rotatable bonds is 4. The van der Waals surface area contributed by atoms with Crippen LogP contribution in [0.3, 0.4) is 0 Å². The molecule has 1 saturated heterocycles. The molecular formula is C15H22FN3O2. The fourth-order valence-electron chi connectivity index (χ4n) is 2.28. The van der Waals surface area contributed by atoms with Gasteiger partial charge in [0.25, 0.3) is 0 Å². The van der Waals surface area contributed by atoms with Crippen LogP contribution in [0.25, 0.3) is 0 Å². The largest absolute Gasteiger partial charge is 0.379 e. The van der Waals surface area contributed by atoms with Crippen LogP contribution in [0, 0.1) is 12.7 Å². The molecule has 1 aromatic rings. The minimum absolute atomic E-state index is 0.244. The number of urea groups is 1. The number of halogens is 1. The minimum Gasteiger partial charge on any atom is -0.379 e. The molecule has 2 amide bonds. The molecule has 0 radical (unpaired) electrons. The summed E-state index contributed by atoms with van der Waals surface area (Å²) in [7, 11) is 0. The molecule has 0 aromatic heterocycles. The lowest BCUT2D eigenvalue weighted by Gasteiger charge is -2.32. The highest BCUT2D eigenvalue weighted by Gasteiger charge is 2.17. The van der Waals surface area contributed by atoms with Crippen molar-refractivity contribution < 1.29 is 13.9 Å². The first kappa shape index (κ1) is 15.7. The van der Waals surface area contributed by atoms with Crippen molar-refractivity contribution in [3.8, 4) is 0 Å². The van der Waals surface area contributed by atoms with Crippen molar-refractivity contribution in [2.45, 2.75) is 19.9 Å². The first-order chi connectivity index (χ1) is 10.1. The fourth-order valence-corrected chi connectivity index (χ4v) is 2.28. The van der Waals surface area contributed by atoms with Crippen LogP contribution in [0.15, 0.2) is 18.2 Å². The highest BCUT2D eigenvalue weighted by molar-refractivity contribution is 5.90. The summed E-state index contributed by atoms with van der Waals surface area (Å²) in [5.74, 6) is -0.363. The van der Waals surface area contributed by atoms with E-state index in [1.54, 1.807) is 6.07 Å². The van der Waals surface area contributed by atoms with E-state index in [1.165, 1.54) is 12.1 Å². The fraction of sp³-hybridized carbons (Fsp3) is 0.533. The zero-order chi connectivity index (χ0) is 15.2. The van der Waals surface area contributed by atoms with Gasteiger partial charge >= 0.3 is 6.03 Å². The van der Waals surface area contributed by atoms with Gasteiger partial charge in [-0.2, -0.15) is 0 Å². The Kier molecular flexibility index (Phi) is 5.52. The van der Waals surface area contributed by atoms with E-state index in [-0.39, 0.29) is 17.9 Å². The predicted molar refractivity (Wildman–Crippen MR) is 80.0 cm³/mol. The summed E-state index contributed by atoms with van der Waals surface area (Å²) in [4.78, 5) is 14.2. The Morgan fingerprint density at radius 1 is 1.43 bits per heavy atom. The van der Waals surface area contributed by atoms with Crippen LogP contribution in [0.4, 0.5) is 14.9 Å². The average Bonchev–Trinajstić information content (AvgIpc) is 2.49. The number of carbonyl (C=O) groups excluding carboxylic acids is 1. The minimum atomic E-state index is -0.363. The molecule has 0 saturated carbocycles. The van der Waals surface area contributed by atoms with Gasteiger partial charge in [0.2, 0.25) is 0 Å². The van der Waals surface area contributed by atoms with Gasteiger partial charge < -0.3 is 15.4 Å². The Morgan fingerprint density at radius 2 is 2.14 bits per heavy atom. The standard InChI is InChI=1S/C15H22FN3O2/c1-11-3-4-13(16)9-14(11)18-15(20)17-10-12(2)19-5-7-21-8-6-19/h3-4,9,12H,5-8,10H2,1-2H3,(H2,17,18,20). The van der Waals surface area contributed by atoms with Gasteiger partial charge in [-0.1, -0.05) is 6.07 Å². The van der Waals surface area contributed by atoms with Gasteiger partial charge in [0, 0.05) is 31.4 Å². The number of nitrogens with zero attached hydrogens (tertiary/aromatic N) is 1. The van der Waals surface area contributed by atoms with E-state index in [1.807, 2.05) is 6.92 Å². The number of carbonyl (C=O) groups is 1. The van der Waals surface area contributed by atoms with Crippen molar-refractivity contribution in [1.29, 1.82) is 0 Å². The monoisotopic (exact) mass is 295 g/mol. The maximum atomic E-state index is 13.2. The number of hydrogen-bond donors (Lipinski definition) is 2. The highest BCUT2D eigenvalue weighted by atomic mass is 19.1. The lowest BCUT2D eigenvalue weighted by atomic mass is 10.2. The molecule has 1 atom stereocenters. The lowest BCUT2D eigenvalue weighted by Crippen LogP contribution is -2.47. The Bertz CT molecular complexity index is 490. The van der Waals surface area contributed by atoms with Crippen molar-refractivity contribution in [2.24, 2.45) is 0 Å². The van der Waals surface area contributed by atoms with Gasteiger partial charge in [0.1, 0.15) is 5.82 Å². The third kappa shape index (κ3) is 4.68. The van der Waals surface area contributed by atoms with Crippen LogP contribution in [0.1, 0.15) is 12.5 Å². The van der Waals surface area contributed by atoms with Crippen LogP contribution in [0.2, 0.25) is 0 Å². The SMILES string of the molecule is Cc1ccc(F)cc1NC(=O)NCC(C)N1CCOCC1. The van der Waals surface area contributed by atoms with E-state index in [0.29, 0.717) is 12.2 Å². The average molecular weight is 295 g/mol. The summed E-state index contributed by atoms with van der Waals surface area (Å²) in [6.45, 7) is 7.67. The van der Waals surface area contributed by atoms with Crippen molar-refractivity contribution >= 4 is 11.7 Å². The Morgan fingerprint density at radius 3 is 2.86 bits per heavy atom. The van der Waals surface area contributed by atoms with Gasteiger partial charge in [-0.15, -0.1) is 0 Å². The number of amides is 2. The molecule has 0 aliphatic carbocycles. The lowest BCUT2D eigenvalue weighted by molar-refractivity contribution is 0.0209. The number of ether oxygens (including phenoxy) is 1. The Labute approximate surface area is 124 Å². The molecule has 116 valence electrons. The molecular weight excluding hydrogens is 273 g/mol. The third-order valence-electron chi connectivity index (χ3n) is 3.67. The first-order valence-corrected chi connectivity index (χ1v) is 7.19. The molecule has 1 fully saturated rings. The summed E-state index contributed by atoms with van der Waals surface area (Å²) >= 11 is 0. The van der Waals surface area contributed by atoms with E-state index in [4.69, 9.17) is 4.74 Å². The normalized spacial score (nSPS) is 17.3. The predicted octanol–water partition coefficient (Wildman–Crippen LogP) is 1.98. The van der Waals surface area contributed by atoms with Gasteiger partial charge in [0.15, 0.2) is 0 Å². The highest BCUT2D eigenvalue weighted by Crippen LogP contribution is 2.15. The second kappa shape index (κ2) is 7.38. The topological polar surface area (TPSA) is 53.6 Å². The molecule has 2 rings (SSSR count). The summed E-state index contributed by atoms with van der Waals surface area (Å²) < 4.78 is 18.5. The maximum absolute atomic E-state index is 13.2. The molecule has 0 bridgehead atoms. The molecule has 1 heterocycles. The van der Waals surface area contributed by atoms with E-state index in [0.717, 1.165) is 31.9 Å². The molecule has 1 unspecified atom stereocenters. The van der Waals surface area contributed by atoms with E-state index < -0.39 is 0 Å². The van der Waals surface area contributed by atoms with Gasteiger partial charge in [-0.05, 0) is 31.5 Å². The molecule has 21 heavy (non-hydrogen) atoms. The molecule has 0 spiro atoms. The smallest absolute Gasteiger partial charge is 0.319 e. The van der Waals surface area contributed by atoms with Gasteiger partial charge in [0.05, 0.1) is 13.2 Å². The second-order valence-electron chi connectivity index (χ2n) is 5.29. The first-order valence-electron chi connectivity index (χ1n) is 7.19. The summed E-state index contributed by atoms with van der Waals surface area (Å²) in [6.07, 6.45) is 0. The number of benzene rings is 1. The van der Waals surface area contributed by atoms with Gasteiger partial charge in [-0.3, -0.25) is 4.90 Å². The van der Waals surface area contributed by atoms with E-state index in [2.05, 4.69) is 22.5 Å². The number of anilines is 1. The Hall–Kier alpha value is -1.66. The number of hydrogen-bond acceptors (Lipinski definition) is 3. The van der Waals surface area contributed by atoms with E-state index in [9.17, 15) is 9.18 Å². The molecule has 1 aromatic carbocycles. The Balaban J connectivity index is 1.80. The summed E-state index contributed by atoms with van der Waals surface area (Å²) in [5, 5.41) is 5.50. The second-order valence-corrected chi connectivity index (χ2v) is 5.29.